The Morgan fingerprint density at radius 1 is 1.00 bits per heavy atom. The van der Waals surface area contributed by atoms with Gasteiger partial charge in [-0.05, 0) is 74.6 Å². The molecule has 0 saturated carbocycles. The Bertz CT molecular complexity index is 823. The van der Waals surface area contributed by atoms with Crippen LogP contribution in [0.25, 0.3) is 10.8 Å². The van der Waals surface area contributed by atoms with E-state index in [2.05, 4.69) is 34.8 Å². The molecule has 0 spiro atoms. The highest BCUT2D eigenvalue weighted by Crippen LogP contribution is 2.40. The number of benzene rings is 1. The summed E-state index contributed by atoms with van der Waals surface area (Å²) in [5.41, 5.74) is 3.01. The molecule has 1 aliphatic carbocycles. The molecule has 0 radical (unpaired) electrons. The third-order valence-corrected chi connectivity index (χ3v) is 6.59. The number of hydrogen-bond donors (Lipinski definition) is 0. The van der Waals surface area contributed by atoms with E-state index in [1.54, 1.807) is 0 Å². The fourth-order valence-corrected chi connectivity index (χ4v) is 5.34. The van der Waals surface area contributed by atoms with Gasteiger partial charge in [-0.1, -0.05) is 12.1 Å². The summed E-state index contributed by atoms with van der Waals surface area (Å²) in [6.07, 6.45) is 10.5. The van der Waals surface area contributed by atoms with E-state index in [1.165, 1.54) is 35.8 Å². The number of nitrogens with zero attached hydrogens (tertiary/aromatic N) is 2. The Hall–Kier alpha value is -1.61. The van der Waals surface area contributed by atoms with Crippen LogP contribution in [-0.2, 0) is 12.8 Å². The lowest BCUT2D eigenvalue weighted by molar-refractivity contribution is 0.136. The summed E-state index contributed by atoms with van der Waals surface area (Å²) >= 11 is 0. The van der Waals surface area contributed by atoms with Gasteiger partial charge >= 0.3 is 0 Å². The molecule has 3 aliphatic rings. The van der Waals surface area contributed by atoms with Gasteiger partial charge in [-0.3, -0.25) is 4.79 Å². The van der Waals surface area contributed by atoms with Gasteiger partial charge in [-0.2, -0.15) is 0 Å². The van der Waals surface area contributed by atoms with Crippen LogP contribution in [0.1, 0.15) is 49.3 Å². The molecule has 0 N–H and O–H groups in total. The first kappa shape index (κ1) is 13.8. The second kappa shape index (κ2) is 4.94. The third-order valence-electron chi connectivity index (χ3n) is 6.59. The van der Waals surface area contributed by atoms with Gasteiger partial charge in [0, 0.05) is 29.7 Å². The van der Waals surface area contributed by atoms with Crippen LogP contribution in [0.15, 0.2) is 29.2 Å². The van der Waals surface area contributed by atoms with Crippen LogP contribution in [-0.4, -0.2) is 28.6 Å². The molecule has 2 aliphatic heterocycles. The van der Waals surface area contributed by atoms with Crippen molar-refractivity contribution in [3.8, 4) is 0 Å². The molecule has 1 aromatic heterocycles. The number of aromatic nitrogens is 1. The first-order valence-corrected chi connectivity index (χ1v) is 9.10. The van der Waals surface area contributed by atoms with Gasteiger partial charge in [0.2, 0.25) is 0 Å². The maximum atomic E-state index is 13.1. The topological polar surface area (TPSA) is 25.2 Å². The lowest BCUT2D eigenvalue weighted by atomic mass is 9.89. The summed E-state index contributed by atoms with van der Waals surface area (Å²) in [7, 11) is 2.26. The zero-order chi connectivity index (χ0) is 15.6. The Balaban J connectivity index is 1.66. The minimum Gasteiger partial charge on any atom is -0.312 e. The van der Waals surface area contributed by atoms with Crippen molar-refractivity contribution in [2.45, 2.75) is 63.1 Å². The number of hydrogen-bond acceptors (Lipinski definition) is 2. The van der Waals surface area contributed by atoms with Crippen molar-refractivity contribution in [1.29, 1.82) is 0 Å². The molecule has 2 saturated heterocycles. The third kappa shape index (κ3) is 1.96. The van der Waals surface area contributed by atoms with Gasteiger partial charge in [-0.25, -0.2) is 0 Å². The standard InChI is InChI=1S/C20H24N2O/c1-21-15-8-9-16(21)11-17(10-15)22-12-14-6-2-4-13-5-3-7-18(19(13)14)20(22)23/h3,5,7,12,15-17H,2,4,6,8-11H2,1H3. The molecule has 2 bridgehead atoms. The highest BCUT2D eigenvalue weighted by Gasteiger charge is 2.39. The Labute approximate surface area is 136 Å². The van der Waals surface area contributed by atoms with Gasteiger partial charge < -0.3 is 9.47 Å². The first-order chi connectivity index (χ1) is 11.2. The predicted molar refractivity (Wildman–Crippen MR) is 93.1 cm³/mol. The van der Waals surface area contributed by atoms with E-state index in [-0.39, 0.29) is 5.56 Å². The quantitative estimate of drug-likeness (QED) is 0.808. The van der Waals surface area contributed by atoms with Gasteiger partial charge in [0.15, 0.2) is 0 Å². The molecular formula is C20H24N2O. The smallest absolute Gasteiger partial charge is 0.258 e. The minimum absolute atomic E-state index is 0.237. The van der Waals surface area contributed by atoms with Crippen LogP contribution < -0.4 is 5.56 Å². The molecule has 120 valence electrons. The van der Waals surface area contributed by atoms with Crippen molar-refractivity contribution < 1.29 is 0 Å². The average molecular weight is 308 g/mol. The molecule has 3 heteroatoms. The van der Waals surface area contributed by atoms with Crippen molar-refractivity contribution in [2.75, 3.05) is 7.05 Å². The van der Waals surface area contributed by atoms with Crippen molar-refractivity contribution in [3.05, 3.63) is 45.9 Å². The number of aryl methyl sites for hydroxylation is 2. The molecule has 3 heterocycles. The van der Waals surface area contributed by atoms with Gasteiger partial charge in [0.05, 0.1) is 0 Å². The van der Waals surface area contributed by atoms with Crippen LogP contribution in [0.2, 0.25) is 0 Å². The van der Waals surface area contributed by atoms with Crippen LogP contribution in [0, 0.1) is 0 Å². The summed E-state index contributed by atoms with van der Waals surface area (Å²) in [5, 5.41) is 2.21. The number of fused-ring (bicyclic) bond motifs is 2. The molecular weight excluding hydrogens is 284 g/mol. The van der Waals surface area contributed by atoms with E-state index in [0.29, 0.717) is 18.1 Å². The molecule has 2 atom stereocenters. The Kier molecular flexibility index (Phi) is 2.96. The summed E-state index contributed by atoms with van der Waals surface area (Å²) < 4.78 is 2.10. The fourth-order valence-electron chi connectivity index (χ4n) is 5.34. The SMILES string of the molecule is CN1C2CCC1CC(n1cc3c4c(cccc4c1=O)CCC3)C2. The van der Waals surface area contributed by atoms with Crippen molar-refractivity contribution in [2.24, 2.45) is 0 Å². The van der Waals surface area contributed by atoms with Crippen LogP contribution in [0.3, 0.4) is 0 Å². The second-order valence-corrected chi connectivity index (χ2v) is 7.74. The lowest BCUT2D eigenvalue weighted by Crippen LogP contribution is -2.42. The Morgan fingerprint density at radius 2 is 1.74 bits per heavy atom. The molecule has 0 amide bonds. The largest absolute Gasteiger partial charge is 0.312 e. The fraction of sp³-hybridized carbons (Fsp3) is 0.550. The van der Waals surface area contributed by atoms with Crippen LogP contribution >= 0.6 is 0 Å². The normalized spacial score (nSPS) is 30.0. The maximum Gasteiger partial charge on any atom is 0.258 e. The summed E-state index contributed by atoms with van der Waals surface area (Å²) in [5.74, 6) is 0. The first-order valence-electron chi connectivity index (χ1n) is 9.10. The highest BCUT2D eigenvalue weighted by atomic mass is 16.1. The molecule has 1 aromatic carbocycles. The van der Waals surface area contributed by atoms with Gasteiger partial charge in [-0.15, -0.1) is 0 Å². The highest BCUT2D eigenvalue weighted by molar-refractivity contribution is 5.88. The predicted octanol–water partition coefficient (Wildman–Crippen LogP) is 3.29. The monoisotopic (exact) mass is 308 g/mol. The van der Waals surface area contributed by atoms with E-state index in [1.807, 2.05) is 6.07 Å². The van der Waals surface area contributed by atoms with E-state index < -0.39 is 0 Å². The molecule has 5 rings (SSSR count). The number of pyridine rings is 1. The molecule has 3 nitrogen and oxygen atoms in total. The van der Waals surface area contributed by atoms with Crippen LogP contribution in [0.5, 0.6) is 0 Å². The van der Waals surface area contributed by atoms with Gasteiger partial charge in [0.25, 0.3) is 5.56 Å². The molecule has 2 aromatic rings. The minimum atomic E-state index is 0.237. The summed E-state index contributed by atoms with van der Waals surface area (Å²) in [6, 6.07) is 8.03. The maximum absolute atomic E-state index is 13.1. The second-order valence-electron chi connectivity index (χ2n) is 7.74. The van der Waals surface area contributed by atoms with Crippen molar-refractivity contribution in [3.63, 3.8) is 0 Å². The molecule has 23 heavy (non-hydrogen) atoms. The Morgan fingerprint density at radius 3 is 2.52 bits per heavy atom. The van der Waals surface area contributed by atoms with Gasteiger partial charge in [0.1, 0.15) is 0 Å². The number of rotatable bonds is 1. The average Bonchev–Trinajstić information content (AvgIpc) is 2.79. The van der Waals surface area contributed by atoms with Crippen molar-refractivity contribution >= 4 is 10.8 Å². The summed E-state index contributed by atoms with van der Waals surface area (Å²) in [4.78, 5) is 15.7. The van der Waals surface area contributed by atoms with E-state index >= 15 is 0 Å². The molecule has 2 unspecified atom stereocenters. The van der Waals surface area contributed by atoms with E-state index in [9.17, 15) is 4.79 Å². The lowest BCUT2D eigenvalue weighted by Gasteiger charge is -2.37. The summed E-state index contributed by atoms with van der Waals surface area (Å²) in [6.45, 7) is 0. The molecule has 2 fully saturated rings. The zero-order valence-corrected chi connectivity index (χ0v) is 13.8. The zero-order valence-electron chi connectivity index (χ0n) is 13.8. The van der Waals surface area contributed by atoms with Crippen molar-refractivity contribution in [1.82, 2.24) is 9.47 Å². The number of piperidine rings is 1. The van der Waals surface area contributed by atoms with Crippen LogP contribution in [0.4, 0.5) is 0 Å². The van der Waals surface area contributed by atoms with E-state index in [4.69, 9.17) is 0 Å². The van der Waals surface area contributed by atoms with E-state index in [0.717, 1.165) is 31.1 Å².